The second-order valence-corrected chi connectivity index (χ2v) is 6.52. The predicted molar refractivity (Wildman–Crippen MR) is 114 cm³/mol. The number of carboxylic acid groups (broad SMARTS) is 1. The van der Waals surface area contributed by atoms with Gasteiger partial charge in [0, 0.05) is 18.1 Å². The zero-order valence-electron chi connectivity index (χ0n) is 16.8. The largest absolute Gasteiger partial charge is 0.493 e. The van der Waals surface area contributed by atoms with Crippen molar-refractivity contribution in [3.05, 3.63) is 77.4 Å². The van der Waals surface area contributed by atoms with Crippen molar-refractivity contribution in [2.45, 2.75) is 13.3 Å². The first-order chi connectivity index (χ1) is 14.1. The minimum Gasteiger partial charge on any atom is -0.493 e. The molecule has 0 heterocycles. The number of benzene rings is 3. The molecule has 0 bridgehead atoms. The topological polar surface area (TPSA) is 65.0 Å². The van der Waals surface area contributed by atoms with Crippen molar-refractivity contribution in [1.29, 1.82) is 0 Å². The summed E-state index contributed by atoms with van der Waals surface area (Å²) < 4.78 is 16.6. The summed E-state index contributed by atoms with van der Waals surface area (Å²) in [6, 6.07) is 17.7. The Labute approximate surface area is 170 Å². The average molecular weight is 392 g/mol. The molecule has 1 N–H and O–H groups in total. The van der Waals surface area contributed by atoms with Gasteiger partial charge in [-0.15, -0.1) is 0 Å². The van der Waals surface area contributed by atoms with Crippen molar-refractivity contribution >= 4 is 22.3 Å². The highest BCUT2D eigenvalue weighted by molar-refractivity contribution is 6.20. The van der Waals surface area contributed by atoms with Gasteiger partial charge in [0.2, 0.25) is 0 Å². The fourth-order valence-electron chi connectivity index (χ4n) is 3.48. The Kier molecular flexibility index (Phi) is 6.52. The number of hydrogen-bond donors (Lipinski definition) is 1. The molecule has 0 saturated heterocycles. The molecule has 5 nitrogen and oxygen atoms in total. The quantitative estimate of drug-likeness (QED) is 0.436. The van der Waals surface area contributed by atoms with Crippen LogP contribution in [0, 0.1) is 0 Å². The number of carbonyl (C=O) groups is 1. The molecule has 3 rings (SSSR count). The third-order valence-corrected chi connectivity index (χ3v) is 4.75. The molecule has 0 aromatic heterocycles. The van der Waals surface area contributed by atoms with Crippen molar-refractivity contribution in [2.24, 2.45) is 0 Å². The Morgan fingerprint density at radius 2 is 1.83 bits per heavy atom. The van der Waals surface area contributed by atoms with Crippen LogP contribution in [0.5, 0.6) is 11.5 Å². The third kappa shape index (κ3) is 4.25. The lowest BCUT2D eigenvalue weighted by atomic mass is 9.91. The number of allylic oxidation sites excluding steroid dienone is 1. The second kappa shape index (κ2) is 9.26. The van der Waals surface area contributed by atoms with E-state index in [1.807, 2.05) is 36.4 Å². The van der Waals surface area contributed by atoms with Crippen LogP contribution in [0.2, 0.25) is 0 Å². The van der Waals surface area contributed by atoms with E-state index in [2.05, 4.69) is 12.1 Å². The molecular formula is C24H24O5. The molecule has 0 unspecified atom stereocenters. The van der Waals surface area contributed by atoms with Crippen LogP contribution in [0.15, 0.2) is 60.7 Å². The lowest BCUT2D eigenvalue weighted by molar-refractivity contribution is -0.130. The zero-order valence-corrected chi connectivity index (χ0v) is 16.8. The number of fused-ring (bicyclic) bond motifs is 1. The van der Waals surface area contributed by atoms with Crippen LogP contribution in [0.1, 0.15) is 23.6 Å². The molecule has 0 aliphatic rings. The fourth-order valence-corrected chi connectivity index (χ4v) is 3.48. The van der Waals surface area contributed by atoms with Gasteiger partial charge in [0.15, 0.2) is 18.3 Å². The maximum Gasteiger partial charge on any atom is 0.335 e. The van der Waals surface area contributed by atoms with Crippen LogP contribution in [0.4, 0.5) is 0 Å². The first-order valence-electron chi connectivity index (χ1n) is 9.29. The zero-order chi connectivity index (χ0) is 20.8. The standard InChI is InChI=1S/C24H24O5/c1-4-18(24(25)26)20-14-21(28-3)23(29-15-27-2)22-17(11-8-12-19(20)22)13-16-9-6-5-7-10-16/h4-12,14H,13,15H2,1-3H3,(H,25,26). The van der Waals surface area contributed by atoms with Crippen LogP contribution in [0.25, 0.3) is 16.3 Å². The molecule has 3 aromatic carbocycles. The highest BCUT2D eigenvalue weighted by atomic mass is 16.7. The summed E-state index contributed by atoms with van der Waals surface area (Å²) in [6.07, 6.45) is 2.27. The predicted octanol–water partition coefficient (Wildman–Crippen LogP) is 4.91. The lowest BCUT2D eigenvalue weighted by Crippen LogP contribution is -2.06. The van der Waals surface area contributed by atoms with Crippen LogP contribution in [0.3, 0.4) is 0 Å². The molecule has 0 amide bonds. The van der Waals surface area contributed by atoms with Gasteiger partial charge in [-0.2, -0.15) is 0 Å². The molecule has 0 saturated carbocycles. The molecule has 0 radical (unpaired) electrons. The highest BCUT2D eigenvalue weighted by Gasteiger charge is 2.21. The average Bonchev–Trinajstić information content (AvgIpc) is 2.73. The van der Waals surface area contributed by atoms with E-state index >= 15 is 0 Å². The maximum absolute atomic E-state index is 11.8. The van der Waals surface area contributed by atoms with Gasteiger partial charge in [-0.25, -0.2) is 4.79 Å². The van der Waals surface area contributed by atoms with E-state index < -0.39 is 5.97 Å². The van der Waals surface area contributed by atoms with E-state index in [1.165, 1.54) is 0 Å². The van der Waals surface area contributed by atoms with Crippen LogP contribution >= 0.6 is 0 Å². The van der Waals surface area contributed by atoms with Crippen LogP contribution in [-0.2, 0) is 16.0 Å². The lowest BCUT2D eigenvalue weighted by Gasteiger charge is -2.19. The summed E-state index contributed by atoms with van der Waals surface area (Å²) in [5.41, 5.74) is 2.96. The molecule has 0 spiro atoms. The van der Waals surface area contributed by atoms with Gasteiger partial charge >= 0.3 is 5.97 Å². The molecule has 3 aromatic rings. The van der Waals surface area contributed by atoms with Gasteiger partial charge in [0.25, 0.3) is 0 Å². The fraction of sp³-hybridized carbons (Fsp3) is 0.208. The summed E-state index contributed by atoms with van der Waals surface area (Å²) in [6.45, 7) is 1.77. The number of carboxylic acids is 1. The first kappa shape index (κ1) is 20.4. The van der Waals surface area contributed by atoms with Gasteiger partial charge in [-0.3, -0.25) is 0 Å². The Balaban J connectivity index is 2.33. The Morgan fingerprint density at radius 3 is 2.45 bits per heavy atom. The maximum atomic E-state index is 11.8. The van der Waals surface area contributed by atoms with Gasteiger partial charge in [0.1, 0.15) is 0 Å². The van der Waals surface area contributed by atoms with Crippen molar-refractivity contribution in [2.75, 3.05) is 21.0 Å². The second-order valence-electron chi connectivity index (χ2n) is 6.52. The van der Waals surface area contributed by atoms with Gasteiger partial charge in [-0.1, -0.05) is 54.6 Å². The number of ether oxygens (including phenoxy) is 3. The number of rotatable bonds is 8. The summed E-state index contributed by atoms with van der Waals surface area (Å²) >= 11 is 0. The monoisotopic (exact) mass is 392 g/mol. The minimum atomic E-state index is -0.991. The van der Waals surface area contributed by atoms with Gasteiger partial charge < -0.3 is 19.3 Å². The first-order valence-corrected chi connectivity index (χ1v) is 9.29. The van der Waals surface area contributed by atoms with Crippen LogP contribution in [-0.4, -0.2) is 32.1 Å². The molecule has 150 valence electrons. The number of methoxy groups -OCH3 is 2. The van der Waals surface area contributed by atoms with E-state index in [0.717, 1.165) is 21.9 Å². The summed E-state index contributed by atoms with van der Waals surface area (Å²) in [4.78, 5) is 11.8. The Morgan fingerprint density at radius 1 is 1.07 bits per heavy atom. The number of aliphatic carboxylic acids is 1. The summed E-state index contributed by atoms with van der Waals surface area (Å²) in [7, 11) is 3.09. The third-order valence-electron chi connectivity index (χ3n) is 4.75. The smallest absolute Gasteiger partial charge is 0.335 e. The van der Waals surface area contributed by atoms with Gasteiger partial charge in [-0.05, 0) is 35.9 Å². The molecule has 5 heteroatoms. The molecule has 0 fully saturated rings. The van der Waals surface area contributed by atoms with E-state index in [1.54, 1.807) is 33.3 Å². The molecule has 0 atom stereocenters. The highest BCUT2D eigenvalue weighted by Crippen LogP contribution is 2.42. The normalized spacial score (nSPS) is 11.5. The summed E-state index contributed by atoms with van der Waals surface area (Å²) in [5.74, 6) is 0.0148. The van der Waals surface area contributed by atoms with Crippen molar-refractivity contribution in [1.82, 2.24) is 0 Å². The summed E-state index contributed by atoms with van der Waals surface area (Å²) in [5, 5.41) is 11.3. The number of hydrogen-bond acceptors (Lipinski definition) is 4. The van der Waals surface area contributed by atoms with Gasteiger partial charge in [0.05, 0.1) is 12.7 Å². The van der Waals surface area contributed by atoms with Crippen molar-refractivity contribution in [3.8, 4) is 11.5 Å². The van der Waals surface area contributed by atoms with E-state index in [0.29, 0.717) is 23.5 Å². The Bertz CT molecular complexity index is 1040. The SMILES string of the molecule is CC=C(C(=O)O)c1cc(OC)c(OCOC)c2c(Cc3ccccc3)cccc12. The van der Waals surface area contributed by atoms with Crippen molar-refractivity contribution in [3.63, 3.8) is 0 Å². The minimum absolute atomic E-state index is 0.0554. The van der Waals surface area contributed by atoms with E-state index in [-0.39, 0.29) is 12.4 Å². The Hall–Kier alpha value is -3.31. The van der Waals surface area contributed by atoms with E-state index in [9.17, 15) is 9.90 Å². The van der Waals surface area contributed by atoms with Crippen LogP contribution < -0.4 is 9.47 Å². The molecule has 0 aliphatic heterocycles. The molecule has 29 heavy (non-hydrogen) atoms. The molecule has 0 aliphatic carbocycles. The van der Waals surface area contributed by atoms with Crippen molar-refractivity contribution < 1.29 is 24.1 Å². The molecular weight excluding hydrogens is 368 g/mol. The van der Waals surface area contributed by atoms with E-state index in [4.69, 9.17) is 14.2 Å².